The molecule has 0 heterocycles. The van der Waals surface area contributed by atoms with E-state index in [-0.39, 0.29) is 0 Å². The topological polar surface area (TPSA) is 0 Å². The van der Waals surface area contributed by atoms with E-state index in [1.165, 1.54) is 38.3 Å². The quantitative estimate of drug-likeness (QED) is 0.491. The van der Waals surface area contributed by atoms with Crippen molar-refractivity contribution < 1.29 is 4.39 Å². The molecule has 0 aromatic heterocycles. The molecule has 0 aromatic carbocycles. The third-order valence-electron chi connectivity index (χ3n) is 2.18. The van der Waals surface area contributed by atoms with Crippen LogP contribution < -0.4 is 0 Å². The Kier molecular flexibility index (Phi) is 3.29. The Morgan fingerprint density at radius 2 is 1.90 bits per heavy atom. The summed E-state index contributed by atoms with van der Waals surface area (Å²) in [6.45, 7) is 0. The van der Waals surface area contributed by atoms with Crippen LogP contribution in [0.15, 0.2) is 0 Å². The van der Waals surface area contributed by atoms with Crippen molar-refractivity contribution in [3.05, 3.63) is 0 Å². The molecule has 0 unspecified atom stereocenters. The molecule has 0 atom stereocenters. The van der Waals surface area contributed by atoms with Crippen LogP contribution in [0.4, 0.5) is 4.39 Å². The van der Waals surface area contributed by atoms with Gasteiger partial charge in [0.25, 0.3) is 0 Å². The van der Waals surface area contributed by atoms with E-state index in [1.54, 1.807) is 0 Å². The fraction of sp³-hybridized carbons (Fsp3) is 0.778. The molecule has 0 spiro atoms. The van der Waals surface area contributed by atoms with Crippen molar-refractivity contribution in [3.63, 3.8) is 0 Å². The first kappa shape index (κ1) is 7.60. The highest BCUT2D eigenvalue weighted by atomic mass is 19.1. The maximum Gasteiger partial charge on any atom is 0.105 e. The monoisotopic (exact) mass is 140 g/mol. The predicted octanol–water partition coefficient (Wildman–Crippen LogP) is 2.89. The van der Waals surface area contributed by atoms with Gasteiger partial charge in [0.1, 0.15) is 6.17 Å². The van der Waals surface area contributed by atoms with Gasteiger partial charge in [-0.05, 0) is 18.8 Å². The fourth-order valence-electron chi connectivity index (χ4n) is 1.57. The molecular formula is C9H13F. The average molecular weight is 140 g/mol. The lowest BCUT2D eigenvalue weighted by Crippen LogP contribution is -2.04. The van der Waals surface area contributed by atoms with Crippen molar-refractivity contribution in [2.75, 3.05) is 0 Å². The second kappa shape index (κ2) is 4.33. The Bertz CT molecular complexity index is 135. The molecule has 1 aliphatic carbocycles. The van der Waals surface area contributed by atoms with Crippen molar-refractivity contribution in [2.45, 2.75) is 38.5 Å². The summed E-state index contributed by atoms with van der Waals surface area (Å²) in [6, 6.07) is 0. The maximum absolute atomic E-state index is 11.4. The molecule has 0 nitrogen and oxygen atoms in total. The minimum absolute atomic E-state index is 0.692. The Hall–Kier alpha value is -0.510. The lowest BCUT2D eigenvalue weighted by atomic mass is 9.87. The first-order valence-corrected chi connectivity index (χ1v) is 4.02. The number of rotatable bonds is 1. The lowest BCUT2D eigenvalue weighted by Gasteiger charge is -2.18. The van der Waals surface area contributed by atoms with Crippen LogP contribution in [0, 0.1) is 18.0 Å². The van der Waals surface area contributed by atoms with Crippen molar-refractivity contribution >= 4 is 0 Å². The average Bonchev–Trinajstić information content (AvgIpc) is 2.03. The van der Waals surface area contributed by atoms with Gasteiger partial charge in [-0.25, -0.2) is 0 Å². The minimum atomic E-state index is 0.692. The summed E-state index contributed by atoms with van der Waals surface area (Å²) in [5.41, 5.74) is 0. The van der Waals surface area contributed by atoms with Gasteiger partial charge in [0.2, 0.25) is 0 Å². The lowest BCUT2D eigenvalue weighted by molar-refractivity contribution is 0.365. The highest BCUT2D eigenvalue weighted by molar-refractivity contribution is 4.92. The van der Waals surface area contributed by atoms with Gasteiger partial charge in [0.15, 0.2) is 0 Å². The van der Waals surface area contributed by atoms with Gasteiger partial charge in [-0.1, -0.05) is 25.2 Å². The molecule has 10 heavy (non-hydrogen) atoms. The van der Waals surface area contributed by atoms with Crippen LogP contribution in [0.1, 0.15) is 38.5 Å². The fourth-order valence-corrected chi connectivity index (χ4v) is 1.57. The summed E-state index contributed by atoms with van der Waals surface area (Å²) in [4.78, 5) is 0. The molecule has 0 radical (unpaired) electrons. The number of halogens is 1. The highest BCUT2D eigenvalue weighted by Gasteiger charge is 2.11. The maximum atomic E-state index is 11.4. The summed E-state index contributed by atoms with van der Waals surface area (Å²) >= 11 is 0. The standard InChI is InChI=1S/C9H13F/c10-8-4-7-9-5-2-1-3-6-9/h9H,1-3,5-7H2. The van der Waals surface area contributed by atoms with Crippen LogP contribution in [0.25, 0.3) is 0 Å². The summed E-state index contributed by atoms with van der Waals surface area (Å²) in [7, 11) is 0. The van der Waals surface area contributed by atoms with Crippen LogP contribution in [0.5, 0.6) is 0 Å². The van der Waals surface area contributed by atoms with Gasteiger partial charge < -0.3 is 0 Å². The van der Waals surface area contributed by atoms with E-state index in [1.807, 2.05) is 0 Å². The van der Waals surface area contributed by atoms with Crippen molar-refractivity contribution in [1.82, 2.24) is 0 Å². The molecule has 0 N–H and O–H groups in total. The molecule has 0 amide bonds. The largest absolute Gasteiger partial charge is 0.144 e. The molecule has 1 fully saturated rings. The van der Waals surface area contributed by atoms with Crippen molar-refractivity contribution in [3.8, 4) is 12.1 Å². The third-order valence-corrected chi connectivity index (χ3v) is 2.18. The van der Waals surface area contributed by atoms with E-state index in [4.69, 9.17) is 0 Å². The smallest absolute Gasteiger partial charge is 0.105 e. The molecule has 1 rings (SSSR count). The number of hydrogen-bond acceptors (Lipinski definition) is 0. The Morgan fingerprint density at radius 1 is 1.20 bits per heavy atom. The Morgan fingerprint density at radius 3 is 2.50 bits per heavy atom. The zero-order valence-electron chi connectivity index (χ0n) is 6.20. The Balaban J connectivity index is 2.17. The first-order valence-electron chi connectivity index (χ1n) is 4.02. The molecule has 0 aliphatic heterocycles. The van der Waals surface area contributed by atoms with E-state index < -0.39 is 0 Å². The molecular weight excluding hydrogens is 127 g/mol. The van der Waals surface area contributed by atoms with E-state index in [2.05, 4.69) is 5.92 Å². The zero-order chi connectivity index (χ0) is 7.23. The van der Waals surface area contributed by atoms with Crippen LogP contribution in [-0.2, 0) is 0 Å². The van der Waals surface area contributed by atoms with Gasteiger partial charge in [-0.2, -0.15) is 0 Å². The summed E-state index contributed by atoms with van der Waals surface area (Å²) < 4.78 is 11.4. The van der Waals surface area contributed by atoms with Crippen LogP contribution in [0.2, 0.25) is 0 Å². The van der Waals surface area contributed by atoms with E-state index in [0.717, 1.165) is 6.42 Å². The first-order chi connectivity index (χ1) is 4.93. The molecule has 56 valence electrons. The van der Waals surface area contributed by atoms with E-state index >= 15 is 0 Å². The molecule has 0 bridgehead atoms. The van der Waals surface area contributed by atoms with Gasteiger partial charge >= 0.3 is 0 Å². The van der Waals surface area contributed by atoms with E-state index in [0.29, 0.717) is 5.92 Å². The minimum Gasteiger partial charge on any atom is -0.144 e. The van der Waals surface area contributed by atoms with Crippen LogP contribution >= 0.6 is 0 Å². The SMILES string of the molecule is FC#CCC1CCCCC1. The van der Waals surface area contributed by atoms with Crippen LogP contribution in [0.3, 0.4) is 0 Å². The van der Waals surface area contributed by atoms with E-state index in [9.17, 15) is 4.39 Å². The molecule has 1 heteroatoms. The predicted molar refractivity (Wildman–Crippen MR) is 40.1 cm³/mol. The summed E-state index contributed by atoms with van der Waals surface area (Å²) in [5, 5.41) is 0. The van der Waals surface area contributed by atoms with Gasteiger partial charge in [-0.15, -0.1) is 4.39 Å². The van der Waals surface area contributed by atoms with Crippen molar-refractivity contribution in [1.29, 1.82) is 0 Å². The summed E-state index contributed by atoms with van der Waals surface area (Å²) in [5.74, 6) is 3.19. The molecule has 1 aliphatic rings. The van der Waals surface area contributed by atoms with Crippen molar-refractivity contribution in [2.24, 2.45) is 5.92 Å². The van der Waals surface area contributed by atoms with Gasteiger partial charge in [0.05, 0.1) is 0 Å². The number of hydrogen-bond donors (Lipinski definition) is 0. The Labute approximate surface area is 61.8 Å². The molecule has 0 saturated heterocycles. The van der Waals surface area contributed by atoms with Gasteiger partial charge in [0, 0.05) is 6.42 Å². The van der Waals surface area contributed by atoms with Gasteiger partial charge in [-0.3, -0.25) is 0 Å². The zero-order valence-corrected chi connectivity index (χ0v) is 6.20. The van der Waals surface area contributed by atoms with Crippen LogP contribution in [-0.4, -0.2) is 0 Å². The molecule has 1 saturated carbocycles. The summed E-state index contributed by atoms with van der Waals surface area (Å²) in [6.07, 6.45) is 8.75. The second-order valence-electron chi connectivity index (χ2n) is 2.98. The normalized spacial score (nSPS) is 19.7. The highest BCUT2D eigenvalue weighted by Crippen LogP contribution is 2.25. The molecule has 0 aromatic rings. The third kappa shape index (κ3) is 2.39. The second-order valence-corrected chi connectivity index (χ2v) is 2.98.